The number of anilines is 2. The number of hydrogen-bond acceptors (Lipinski definition) is 6. The Morgan fingerprint density at radius 2 is 1.91 bits per heavy atom. The zero-order chi connectivity index (χ0) is 23.7. The van der Waals surface area contributed by atoms with Gasteiger partial charge in [0.05, 0.1) is 24.1 Å². The predicted octanol–water partition coefficient (Wildman–Crippen LogP) is 5.91. The predicted molar refractivity (Wildman–Crippen MR) is 132 cm³/mol. The van der Waals surface area contributed by atoms with Gasteiger partial charge in [0.25, 0.3) is 0 Å². The van der Waals surface area contributed by atoms with Crippen LogP contribution in [-0.4, -0.2) is 16.9 Å². The van der Waals surface area contributed by atoms with E-state index >= 15 is 0 Å². The number of nitrogens with zero attached hydrogens (tertiary/aromatic N) is 2. The quantitative estimate of drug-likeness (QED) is 0.311. The number of ether oxygens (including phenoxy) is 1. The van der Waals surface area contributed by atoms with Crippen LogP contribution < -0.4 is 4.90 Å². The summed E-state index contributed by atoms with van der Waals surface area (Å²) in [5.41, 5.74) is 6.93. The fraction of sp³-hybridized carbons (Fsp3) is 0.296. The van der Waals surface area contributed by atoms with E-state index < -0.39 is 0 Å². The summed E-state index contributed by atoms with van der Waals surface area (Å²) in [5, 5.41) is 3.35. The van der Waals surface area contributed by atoms with Crippen LogP contribution in [0, 0.1) is 0 Å². The third-order valence-corrected chi connectivity index (χ3v) is 7.11. The van der Waals surface area contributed by atoms with Crippen molar-refractivity contribution in [3.8, 4) is 0 Å². The molecule has 0 atom stereocenters. The molecule has 0 saturated carbocycles. The molecule has 0 fully saturated rings. The van der Waals surface area contributed by atoms with Gasteiger partial charge in [-0.25, -0.2) is 4.98 Å². The monoisotopic (exact) mass is 474 g/mol. The van der Waals surface area contributed by atoms with Crippen molar-refractivity contribution < 1.29 is 18.7 Å². The zero-order valence-electron chi connectivity index (χ0n) is 19.3. The van der Waals surface area contributed by atoms with Crippen LogP contribution in [0.1, 0.15) is 48.2 Å². The Morgan fingerprint density at radius 3 is 2.65 bits per heavy atom. The first-order valence-corrected chi connectivity index (χ1v) is 12.4. The van der Waals surface area contributed by atoms with Crippen molar-refractivity contribution >= 4 is 45.0 Å². The Morgan fingerprint density at radius 1 is 1.15 bits per heavy atom. The van der Waals surface area contributed by atoms with Gasteiger partial charge in [0.2, 0.25) is 5.91 Å². The number of fused-ring (bicyclic) bond motifs is 2. The molecule has 0 N–H and O–H groups in total. The molecule has 0 spiro atoms. The maximum Gasteiger partial charge on any atom is 0.310 e. The SMILES string of the molecule is CCc1ccc(N(C(C)=O)c2nc(COC(=O)Cc3coc4cc5c(cc34)CCC5)cs2)cc1. The lowest BCUT2D eigenvalue weighted by Crippen LogP contribution is -2.22. The zero-order valence-corrected chi connectivity index (χ0v) is 20.1. The van der Waals surface area contributed by atoms with E-state index in [4.69, 9.17) is 9.15 Å². The number of rotatable bonds is 7. The van der Waals surface area contributed by atoms with Crippen molar-refractivity contribution in [3.63, 3.8) is 0 Å². The second-order valence-corrected chi connectivity index (χ2v) is 9.40. The fourth-order valence-corrected chi connectivity index (χ4v) is 5.29. The molecule has 1 amide bonds. The summed E-state index contributed by atoms with van der Waals surface area (Å²) >= 11 is 1.35. The standard InChI is InChI=1S/C27H26N2O4S/c1-3-18-7-9-23(10-8-18)29(17(2)30)27-28-22(16-34-27)15-33-26(31)13-21-14-32-25-12-20-6-4-5-19(20)11-24(21)25/h7-12,14,16H,3-6,13,15H2,1-2H3. The lowest BCUT2D eigenvalue weighted by atomic mass is 10.0. The van der Waals surface area contributed by atoms with Gasteiger partial charge in [-0.15, -0.1) is 11.3 Å². The Hall–Kier alpha value is -3.45. The van der Waals surface area contributed by atoms with Gasteiger partial charge in [0, 0.05) is 23.3 Å². The van der Waals surface area contributed by atoms with Crippen LogP contribution in [-0.2, 0) is 46.6 Å². The molecule has 4 aromatic rings. The van der Waals surface area contributed by atoms with E-state index in [0.29, 0.717) is 10.8 Å². The summed E-state index contributed by atoms with van der Waals surface area (Å²) in [7, 11) is 0. The molecule has 5 rings (SSSR count). The highest BCUT2D eigenvalue weighted by molar-refractivity contribution is 7.14. The van der Waals surface area contributed by atoms with E-state index in [1.807, 2.05) is 29.6 Å². The van der Waals surface area contributed by atoms with Crippen LogP contribution in [0.25, 0.3) is 11.0 Å². The highest BCUT2D eigenvalue weighted by Gasteiger charge is 2.20. The van der Waals surface area contributed by atoms with Crippen LogP contribution >= 0.6 is 11.3 Å². The average Bonchev–Trinajstić information content (AvgIpc) is 3.57. The summed E-state index contributed by atoms with van der Waals surface area (Å²) in [6.07, 6.45) is 6.06. The number of thiazole rings is 1. The van der Waals surface area contributed by atoms with Crippen LogP contribution in [0.4, 0.5) is 10.8 Å². The number of furan rings is 1. The summed E-state index contributed by atoms with van der Waals surface area (Å²) in [5.74, 6) is -0.461. The maximum atomic E-state index is 12.5. The maximum absolute atomic E-state index is 12.5. The second kappa shape index (κ2) is 9.43. The minimum absolute atomic E-state index is 0.0566. The molecule has 0 unspecified atom stereocenters. The number of hydrogen-bond donors (Lipinski definition) is 0. The molecule has 34 heavy (non-hydrogen) atoms. The second-order valence-electron chi connectivity index (χ2n) is 8.56. The minimum Gasteiger partial charge on any atom is -0.464 e. The number of amides is 1. The van der Waals surface area contributed by atoms with Crippen LogP contribution in [0.3, 0.4) is 0 Å². The number of aryl methyl sites for hydroxylation is 3. The van der Waals surface area contributed by atoms with Gasteiger partial charge in [0.15, 0.2) is 5.13 Å². The number of esters is 1. The van der Waals surface area contributed by atoms with E-state index in [-0.39, 0.29) is 24.9 Å². The molecule has 2 heterocycles. The molecule has 0 bridgehead atoms. The van der Waals surface area contributed by atoms with Gasteiger partial charge in [-0.1, -0.05) is 19.1 Å². The summed E-state index contributed by atoms with van der Waals surface area (Å²) < 4.78 is 11.2. The van der Waals surface area contributed by atoms with Gasteiger partial charge < -0.3 is 9.15 Å². The van der Waals surface area contributed by atoms with Gasteiger partial charge in [-0.2, -0.15) is 0 Å². The summed E-state index contributed by atoms with van der Waals surface area (Å²) in [6, 6.07) is 12.1. The number of carbonyl (C=O) groups excluding carboxylic acids is 2. The Balaban J connectivity index is 1.24. The molecule has 1 aliphatic carbocycles. The molecule has 174 valence electrons. The third kappa shape index (κ3) is 4.48. The van der Waals surface area contributed by atoms with Gasteiger partial charge in [-0.3, -0.25) is 14.5 Å². The van der Waals surface area contributed by atoms with Crippen LogP contribution in [0.15, 0.2) is 52.5 Å². The lowest BCUT2D eigenvalue weighted by molar-refractivity contribution is -0.144. The van der Waals surface area contributed by atoms with Gasteiger partial charge in [0.1, 0.15) is 12.2 Å². The molecule has 1 aliphatic rings. The topological polar surface area (TPSA) is 72.6 Å². The van der Waals surface area contributed by atoms with Crippen molar-refractivity contribution in [2.45, 2.75) is 52.6 Å². The van der Waals surface area contributed by atoms with E-state index in [9.17, 15) is 9.59 Å². The van der Waals surface area contributed by atoms with E-state index in [1.54, 1.807) is 11.2 Å². The van der Waals surface area contributed by atoms with Crippen molar-refractivity contribution in [1.29, 1.82) is 0 Å². The van der Waals surface area contributed by atoms with Crippen LogP contribution in [0.5, 0.6) is 0 Å². The van der Waals surface area contributed by atoms with Crippen molar-refractivity contribution in [1.82, 2.24) is 4.98 Å². The highest BCUT2D eigenvalue weighted by atomic mass is 32.1. The van der Waals surface area contributed by atoms with Crippen molar-refractivity contribution in [3.05, 3.63) is 76.0 Å². The smallest absolute Gasteiger partial charge is 0.310 e. The van der Waals surface area contributed by atoms with Crippen molar-refractivity contribution in [2.75, 3.05) is 4.90 Å². The van der Waals surface area contributed by atoms with Crippen molar-refractivity contribution in [2.24, 2.45) is 0 Å². The lowest BCUT2D eigenvalue weighted by Gasteiger charge is -2.18. The molecule has 2 aromatic heterocycles. The first-order valence-electron chi connectivity index (χ1n) is 11.5. The first kappa shape index (κ1) is 22.3. The Bertz CT molecular complexity index is 1350. The summed E-state index contributed by atoms with van der Waals surface area (Å²) in [4.78, 5) is 31.0. The van der Waals surface area contributed by atoms with E-state index in [1.165, 1.54) is 41.4 Å². The number of benzene rings is 2. The molecule has 6 nitrogen and oxygen atoms in total. The Kier molecular flexibility index (Phi) is 6.20. The highest BCUT2D eigenvalue weighted by Crippen LogP contribution is 2.31. The molecule has 7 heteroatoms. The fourth-order valence-electron chi connectivity index (χ4n) is 4.42. The number of carbonyl (C=O) groups is 2. The van der Waals surface area contributed by atoms with Gasteiger partial charge in [-0.05, 0) is 66.6 Å². The van der Waals surface area contributed by atoms with E-state index in [0.717, 1.165) is 41.5 Å². The Labute approximate surface area is 202 Å². The normalized spacial score (nSPS) is 12.6. The third-order valence-electron chi connectivity index (χ3n) is 6.23. The molecule has 0 aliphatic heterocycles. The average molecular weight is 475 g/mol. The summed E-state index contributed by atoms with van der Waals surface area (Å²) in [6.45, 7) is 3.66. The molecule has 2 aromatic carbocycles. The largest absolute Gasteiger partial charge is 0.464 e. The molecular formula is C27H26N2O4S. The van der Waals surface area contributed by atoms with Gasteiger partial charge >= 0.3 is 5.97 Å². The molecular weight excluding hydrogens is 448 g/mol. The number of aromatic nitrogens is 1. The molecule has 0 saturated heterocycles. The molecule has 0 radical (unpaired) electrons. The van der Waals surface area contributed by atoms with E-state index in [2.05, 4.69) is 24.0 Å². The minimum atomic E-state index is -0.337. The first-order chi connectivity index (χ1) is 16.5. The van der Waals surface area contributed by atoms with Crippen LogP contribution in [0.2, 0.25) is 0 Å².